The van der Waals surface area contributed by atoms with Crippen molar-refractivity contribution < 1.29 is 9.53 Å². The van der Waals surface area contributed by atoms with Crippen LogP contribution in [0, 0.1) is 0 Å². The number of hydrogen-bond donors (Lipinski definition) is 0. The Labute approximate surface area is 168 Å². The highest BCUT2D eigenvalue weighted by atomic mass is 32.2. The molecule has 8 heteroatoms. The first kappa shape index (κ1) is 20.1. The monoisotopic (exact) mass is 406 g/mol. The van der Waals surface area contributed by atoms with E-state index in [4.69, 9.17) is 4.74 Å². The van der Waals surface area contributed by atoms with Gasteiger partial charge in [-0.2, -0.15) is 0 Å². The number of thioether (sulfide) groups is 1. The summed E-state index contributed by atoms with van der Waals surface area (Å²) >= 11 is 3.09. The number of ether oxygens (including phenoxy) is 1. The summed E-state index contributed by atoms with van der Waals surface area (Å²) < 4.78 is 7.92. The zero-order valence-corrected chi connectivity index (χ0v) is 17.5. The first-order valence-corrected chi connectivity index (χ1v) is 11.1. The summed E-state index contributed by atoms with van der Waals surface area (Å²) in [5, 5.41) is 11.6. The Hall–Kier alpha value is -1.64. The molecular weight excluding hydrogens is 380 g/mol. The molecule has 1 fully saturated rings. The maximum Gasteiger partial charge on any atom is 0.233 e. The van der Waals surface area contributed by atoms with Gasteiger partial charge in [0.15, 0.2) is 11.0 Å². The Morgan fingerprint density at radius 3 is 3.00 bits per heavy atom. The average Bonchev–Trinajstić information content (AvgIpc) is 3.39. The Morgan fingerprint density at radius 1 is 1.52 bits per heavy atom. The first-order chi connectivity index (χ1) is 13.1. The number of thiophene rings is 1. The van der Waals surface area contributed by atoms with E-state index in [2.05, 4.69) is 21.3 Å². The molecule has 0 bridgehead atoms. The molecule has 6 nitrogen and oxygen atoms in total. The van der Waals surface area contributed by atoms with Gasteiger partial charge in [-0.1, -0.05) is 30.0 Å². The minimum atomic E-state index is 0.0924. The van der Waals surface area contributed by atoms with Crippen molar-refractivity contribution in [1.29, 1.82) is 0 Å². The molecule has 0 aromatic carbocycles. The molecule has 0 spiro atoms. The molecule has 2 aromatic heterocycles. The standard InChI is InChI=1S/C19H26N4O2S2/c1-4-22(11-14(2)3)17(24)13-27-19-21-20-18(16-8-6-10-26-16)23(19)12-15-7-5-9-25-15/h6,8,10,15H,2,4-5,7,9,11-13H2,1,3H3. The molecule has 1 atom stereocenters. The van der Waals surface area contributed by atoms with Gasteiger partial charge in [0, 0.05) is 19.7 Å². The van der Waals surface area contributed by atoms with Crippen molar-refractivity contribution in [1.82, 2.24) is 19.7 Å². The number of hydrogen-bond acceptors (Lipinski definition) is 6. The summed E-state index contributed by atoms with van der Waals surface area (Å²) in [6.45, 7) is 10.6. The molecule has 1 amide bonds. The van der Waals surface area contributed by atoms with Gasteiger partial charge in [0.2, 0.25) is 5.91 Å². The number of aromatic nitrogens is 3. The zero-order chi connectivity index (χ0) is 19.2. The molecule has 3 heterocycles. The second kappa shape index (κ2) is 9.52. The fourth-order valence-corrected chi connectivity index (χ4v) is 4.63. The van der Waals surface area contributed by atoms with Crippen molar-refractivity contribution in [2.24, 2.45) is 0 Å². The van der Waals surface area contributed by atoms with Gasteiger partial charge in [-0.05, 0) is 38.1 Å². The van der Waals surface area contributed by atoms with Crippen molar-refractivity contribution in [3.05, 3.63) is 29.7 Å². The quantitative estimate of drug-likeness (QED) is 0.469. The van der Waals surface area contributed by atoms with Crippen LogP contribution in [0.1, 0.15) is 26.7 Å². The van der Waals surface area contributed by atoms with Crippen molar-refractivity contribution in [2.45, 2.75) is 44.5 Å². The third-order valence-electron chi connectivity index (χ3n) is 4.39. The Kier molecular flexibility index (Phi) is 7.09. The van der Waals surface area contributed by atoms with Crippen LogP contribution in [0.3, 0.4) is 0 Å². The van der Waals surface area contributed by atoms with Crippen LogP contribution in [0.5, 0.6) is 0 Å². The molecule has 0 aliphatic carbocycles. The van der Waals surface area contributed by atoms with E-state index in [0.717, 1.165) is 47.4 Å². The maximum atomic E-state index is 12.6. The molecule has 0 N–H and O–H groups in total. The van der Waals surface area contributed by atoms with Crippen LogP contribution < -0.4 is 0 Å². The number of likely N-dealkylation sites (N-methyl/N-ethyl adjacent to an activating group) is 1. The Balaban J connectivity index is 1.74. The van der Waals surface area contributed by atoms with Crippen LogP contribution in [0.25, 0.3) is 10.7 Å². The molecule has 1 aliphatic heterocycles. The lowest BCUT2D eigenvalue weighted by atomic mass is 10.2. The van der Waals surface area contributed by atoms with Crippen LogP contribution in [0.2, 0.25) is 0 Å². The molecule has 1 aliphatic rings. The summed E-state index contributed by atoms with van der Waals surface area (Å²) in [4.78, 5) is 15.5. The van der Waals surface area contributed by atoms with Gasteiger partial charge in [0.1, 0.15) is 0 Å². The van der Waals surface area contributed by atoms with E-state index in [1.807, 2.05) is 36.3 Å². The second-order valence-corrected chi connectivity index (χ2v) is 8.57. The highest BCUT2D eigenvalue weighted by molar-refractivity contribution is 7.99. The second-order valence-electron chi connectivity index (χ2n) is 6.68. The Bertz CT molecular complexity index is 767. The number of rotatable bonds is 9. The normalized spacial score (nSPS) is 16.6. The maximum absolute atomic E-state index is 12.6. The van der Waals surface area contributed by atoms with Gasteiger partial charge < -0.3 is 9.64 Å². The molecule has 1 unspecified atom stereocenters. The molecule has 27 heavy (non-hydrogen) atoms. The minimum Gasteiger partial charge on any atom is -0.376 e. The summed E-state index contributed by atoms with van der Waals surface area (Å²) in [7, 11) is 0. The molecule has 3 rings (SSSR count). The van der Waals surface area contributed by atoms with E-state index in [0.29, 0.717) is 18.8 Å². The number of carbonyl (C=O) groups excluding carboxylic acids is 1. The smallest absolute Gasteiger partial charge is 0.233 e. The fourth-order valence-electron chi connectivity index (χ4n) is 3.06. The van der Waals surface area contributed by atoms with E-state index in [1.165, 1.54) is 11.8 Å². The summed E-state index contributed by atoms with van der Waals surface area (Å²) in [6, 6.07) is 4.06. The number of amides is 1. The van der Waals surface area contributed by atoms with Gasteiger partial charge in [-0.15, -0.1) is 21.5 Å². The van der Waals surface area contributed by atoms with Crippen LogP contribution in [-0.4, -0.2) is 57.1 Å². The Morgan fingerprint density at radius 2 is 2.37 bits per heavy atom. The lowest BCUT2D eigenvalue weighted by Gasteiger charge is -2.20. The predicted octanol–water partition coefficient (Wildman–Crippen LogP) is 3.70. The number of nitrogens with zero attached hydrogens (tertiary/aromatic N) is 4. The minimum absolute atomic E-state index is 0.0924. The fraction of sp³-hybridized carbons (Fsp3) is 0.526. The largest absolute Gasteiger partial charge is 0.376 e. The van der Waals surface area contributed by atoms with Crippen molar-refractivity contribution in [3.63, 3.8) is 0 Å². The van der Waals surface area contributed by atoms with Crippen molar-refractivity contribution in [3.8, 4) is 10.7 Å². The van der Waals surface area contributed by atoms with Gasteiger partial charge in [0.25, 0.3) is 0 Å². The molecule has 146 valence electrons. The van der Waals surface area contributed by atoms with Crippen molar-refractivity contribution in [2.75, 3.05) is 25.4 Å². The SMILES string of the molecule is C=C(C)CN(CC)C(=O)CSc1nnc(-c2cccs2)n1CC1CCCO1. The van der Waals surface area contributed by atoms with Gasteiger partial charge >= 0.3 is 0 Å². The molecular formula is C19H26N4O2S2. The van der Waals surface area contributed by atoms with Gasteiger partial charge in [-0.3, -0.25) is 9.36 Å². The summed E-state index contributed by atoms with van der Waals surface area (Å²) in [6.07, 6.45) is 2.33. The van der Waals surface area contributed by atoms with Crippen LogP contribution in [0.15, 0.2) is 34.8 Å². The predicted molar refractivity (Wildman–Crippen MR) is 110 cm³/mol. The van der Waals surface area contributed by atoms with Crippen LogP contribution >= 0.6 is 23.1 Å². The lowest BCUT2D eigenvalue weighted by Crippen LogP contribution is -2.33. The third-order valence-corrected chi connectivity index (χ3v) is 6.21. The number of carbonyl (C=O) groups is 1. The third kappa shape index (κ3) is 5.21. The van der Waals surface area contributed by atoms with Crippen molar-refractivity contribution >= 4 is 29.0 Å². The lowest BCUT2D eigenvalue weighted by molar-refractivity contribution is -0.127. The van der Waals surface area contributed by atoms with Crippen LogP contribution in [0.4, 0.5) is 0 Å². The van der Waals surface area contributed by atoms with E-state index < -0.39 is 0 Å². The molecule has 0 saturated carbocycles. The van der Waals surface area contributed by atoms with E-state index in [9.17, 15) is 4.79 Å². The highest BCUT2D eigenvalue weighted by Gasteiger charge is 2.23. The summed E-state index contributed by atoms with van der Waals surface area (Å²) in [5.41, 5.74) is 0.983. The van der Waals surface area contributed by atoms with Gasteiger partial charge in [0.05, 0.1) is 23.3 Å². The highest BCUT2D eigenvalue weighted by Crippen LogP contribution is 2.29. The van der Waals surface area contributed by atoms with E-state index in [1.54, 1.807) is 11.3 Å². The molecule has 0 radical (unpaired) electrons. The average molecular weight is 407 g/mol. The van der Waals surface area contributed by atoms with E-state index >= 15 is 0 Å². The zero-order valence-electron chi connectivity index (χ0n) is 15.9. The van der Waals surface area contributed by atoms with E-state index in [-0.39, 0.29) is 12.0 Å². The molecule has 2 aromatic rings. The summed E-state index contributed by atoms with van der Waals surface area (Å²) in [5.74, 6) is 1.29. The molecule has 1 saturated heterocycles. The van der Waals surface area contributed by atoms with Crippen LogP contribution in [-0.2, 0) is 16.1 Å². The topological polar surface area (TPSA) is 60.2 Å². The first-order valence-electron chi connectivity index (χ1n) is 9.22. The van der Waals surface area contributed by atoms with Gasteiger partial charge in [-0.25, -0.2) is 0 Å².